The van der Waals surface area contributed by atoms with Gasteiger partial charge in [-0.05, 0) is 50.3 Å². The van der Waals surface area contributed by atoms with Crippen molar-refractivity contribution < 1.29 is 8.42 Å². The molecule has 1 fully saturated rings. The van der Waals surface area contributed by atoms with Crippen molar-refractivity contribution in [3.05, 3.63) is 60.2 Å². The van der Waals surface area contributed by atoms with Crippen LogP contribution in [0.15, 0.2) is 53.9 Å². The molecule has 0 N–H and O–H groups in total. The molecule has 0 aliphatic carbocycles. The second kappa shape index (κ2) is 7.52. The monoisotopic (exact) mass is 399 g/mol. The molecule has 2 aromatic heterocycles. The maximum atomic E-state index is 12.8. The van der Waals surface area contributed by atoms with E-state index in [2.05, 4.69) is 47.6 Å². The quantitative estimate of drug-likeness (QED) is 0.661. The maximum Gasteiger partial charge on any atom is 0.246 e. The number of sulfonamides is 1. The number of nitrogens with zero attached hydrogens (tertiary/aromatic N) is 5. The Morgan fingerprint density at radius 3 is 2.39 bits per heavy atom. The summed E-state index contributed by atoms with van der Waals surface area (Å²) in [5, 5.41) is 8.59. The van der Waals surface area contributed by atoms with Gasteiger partial charge in [0.2, 0.25) is 10.0 Å². The average molecular weight is 400 g/mol. The molecule has 1 aromatic carbocycles. The van der Waals surface area contributed by atoms with Gasteiger partial charge in [-0.3, -0.25) is 4.68 Å². The lowest BCUT2D eigenvalue weighted by Crippen LogP contribution is -2.37. The molecule has 0 bridgehead atoms. The molecule has 1 saturated heterocycles. The van der Waals surface area contributed by atoms with Gasteiger partial charge in [0.25, 0.3) is 0 Å². The minimum atomic E-state index is -3.47. The van der Waals surface area contributed by atoms with E-state index in [1.807, 2.05) is 17.8 Å². The summed E-state index contributed by atoms with van der Waals surface area (Å²) in [7, 11) is -3.47. The highest BCUT2D eigenvalue weighted by molar-refractivity contribution is 7.89. The summed E-state index contributed by atoms with van der Waals surface area (Å²) in [5.41, 5.74) is 3.41. The van der Waals surface area contributed by atoms with E-state index in [1.54, 1.807) is 15.2 Å². The van der Waals surface area contributed by atoms with Gasteiger partial charge in [-0.1, -0.05) is 17.7 Å². The van der Waals surface area contributed by atoms with E-state index in [9.17, 15) is 8.42 Å². The third-order valence-corrected chi connectivity index (χ3v) is 7.25. The third-order valence-electron chi connectivity index (χ3n) is 5.40. The normalized spacial score (nSPS) is 16.5. The molecule has 148 valence electrons. The summed E-state index contributed by atoms with van der Waals surface area (Å²) in [5.74, 6) is 0.323. The first-order valence-corrected chi connectivity index (χ1v) is 11.1. The van der Waals surface area contributed by atoms with Gasteiger partial charge in [-0.2, -0.15) is 14.5 Å². The van der Waals surface area contributed by atoms with Crippen molar-refractivity contribution in [3.8, 4) is 5.69 Å². The van der Waals surface area contributed by atoms with Crippen LogP contribution in [-0.2, 0) is 16.6 Å². The Morgan fingerprint density at radius 1 is 1.04 bits per heavy atom. The lowest BCUT2D eigenvalue weighted by Gasteiger charge is -2.30. The molecule has 0 atom stereocenters. The van der Waals surface area contributed by atoms with Gasteiger partial charge in [-0.25, -0.2) is 13.1 Å². The largest absolute Gasteiger partial charge is 0.272 e. The molecular formula is C20H25N5O2S. The lowest BCUT2D eigenvalue weighted by atomic mass is 9.93. The first-order chi connectivity index (χ1) is 13.5. The first-order valence-electron chi connectivity index (χ1n) is 9.61. The van der Waals surface area contributed by atoms with Crippen LogP contribution in [0.3, 0.4) is 0 Å². The van der Waals surface area contributed by atoms with Gasteiger partial charge >= 0.3 is 0 Å². The highest BCUT2D eigenvalue weighted by atomic mass is 32.2. The summed E-state index contributed by atoms with van der Waals surface area (Å²) >= 11 is 0. The fraction of sp³-hybridized carbons (Fsp3) is 0.400. The SMILES string of the molecule is CCn1cc(S(=O)(=O)N2CCC(c3cnn(-c4ccc(C)cc4)c3)CC2)cn1. The van der Waals surface area contributed by atoms with Crippen LogP contribution in [0.2, 0.25) is 0 Å². The van der Waals surface area contributed by atoms with Gasteiger partial charge in [0.1, 0.15) is 4.90 Å². The van der Waals surface area contributed by atoms with Crippen molar-refractivity contribution in [1.29, 1.82) is 0 Å². The molecule has 3 aromatic rings. The van der Waals surface area contributed by atoms with Crippen LogP contribution in [0.25, 0.3) is 5.69 Å². The number of aryl methyl sites for hydroxylation is 2. The Kier molecular flexibility index (Phi) is 5.07. The topological polar surface area (TPSA) is 73.0 Å². The number of benzene rings is 1. The third kappa shape index (κ3) is 3.62. The van der Waals surface area contributed by atoms with Crippen LogP contribution in [0, 0.1) is 6.92 Å². The van der Waals surface area contributed by atoms with Gasteiger partial charge < -0.3 is 0 Å². The second-order valence-corrected chi connectivity index (χ2v) is 9.20. The highest BCUT2D eigenvalue weighted by Gasteiger charge is 2.31. The zero-order chi connectivity index (χ0) is 19.7. The van der Waals surface area contributed by atoms with E-state index in [-0.39, 0.29) is 4.90 Å². The standard InChI is InChI=1S/C20H25N5O2S/c1-3-23-15-20(13-21-23)28(26,27)24-10-8-17(9-11-24)18-12-22-25(14-18)19-6-4-16(2)5-7-19/h4-7,12-15,17H,3,8-11H2,1-2H3. The Morgan fingerprint density at radius 2 is 1.75 bits per heavy atom. The zero-order valence-corrected chi connectivity index (χ0v) is 17.0. The first kappa shape index (κ1) is 18.9. The number of aromatic nitrogens is 4. The number of hydrogen-bond acceptors (Lipinski definition) is 4. The summed E-state index contributed by atoms with van der Waals surface area (Å²) < 4.78 is 30.8. The van der Waals surface area contributed by atoms with Crippen molar-refractivity contribution in [2.24, 2.45) is 0 Å². The molecular weight excluding hydrogens is 374 g/mol. The predicted octanol–water partition coefficient (Wildman–Crippen LogP) is 2.97. The molecule has 4 rings (SSSR count). The molecule has 0 unspecified atom stereocenters. The van der Waals surface area contributed by atoms with Crippen LogP contribution in [0.1, 0.15) is 36.8 Å². The molecule has 0 radical (unpaired) electrons. The molecule has 0 saturated carbocycles. The molecule has 7 nitrogen and oxygen atoms in total. The summed E-state index contributed by atoms with van der Waals surface area (Å²) in [6.07, 6.45) is 8.59. The Labute approximate surface area is 165 Å². The van der Waals surface area contributed by atoms with E-state index in [4.69, 9.17) is 0 Å². The van der Waals surface area contributed by atoms with Gasteiger partial charge in [-0.15, -0.1) is 0 Å². The number of rotatable bonds is 5. The molecule has 28 heavy (non-hydrogen) atoms. The van der Waals surface area contributed by atoms with Gasteiger partial charge in [0, 0.05) is 32.0 Å². The van der Waals surface area contributed by atoms with Crippen LogP contribution in [0.4, 0.5) is 0 Å². The maximum absolute atomic E-state index is 12.8. The van der Waals surface area contributed by atoms with Crippen molar-refractivity contribution >= 4 is 10.0 Å². The molecule has 0 amide bonds. The van der Waals surface area contributed by atoms with E-state index >= 15 is 0 Å². The smallest absolute Gasteiger partial charge is 0.246 e. The minimum Gasteiger partial charge on any atom is -0.272 e. The zero-order valence-electron chi connectivity index (χ0n) is 16.2. The van der Waals surface area contributed by atoms with Gasteiger partial charge in [0.05, 0.1) is 18.1 Å². The van der Waals surface area contributed by atoms with Crippen LogP contribution in [-0.4, -0.2) is 45.4 Å². The van der Waals surface area contributed by atoms with Crippen molar-refractivity contribution in [3.63, 3.8) is 0 Å². The van der Waals surface area contributed by atoms with Crippen molar-refractivity contribution in [2.45, 2.75) is 44.0 Å². The van der Waals surface area contributed by atoms with Crippen molar-refractivity contribution in [2.75, 3.05) is 13.1 Å². The van der Waals surface area contributed by atoms with E-state index in [1.165, 1.54) is 11.8 Å². The summed E-state index contributed by atoms with van der Waals surface area (Å²) in [4.78, 5) is 0.278. The van der Waals surface area contributed by atoms with Gasteiger partial charge in [0.15, 0.2) is 0 Å². The fourth-order valence-corrected chi connectivity index (χ4v) is 5.04. The molecule has 3 heterocycles. The Balaban J connectivity index is 1.43. The minimum absolute atomic E-state index is 0.278. The average Bonchev–Trinajstić information content (AvgIpc) is 3.39. The van der Waals surface area contributed by atoms with Crippen LogP contribution in [0.5, 0.6) is 0 Å². The van der Waals surface area contributed by atoms with E-state index in [0.717, 1.165) is 24.1 Å². The van der Waals surface area contributed by atoms with Crippen LogP contribution < -0.4 is 0 Å². The highest BCUT2D eigenvalue weighted by Crippen LogP contribution is 2.30. The van der Waals surface area contributed by atoms with E-state index in [0.29, 0.717) is 25.6 Å². The summed E-state index contributed by atoms with van der Waals surface area (Å²) in [6, 6.07) is 8.25. The van der Waals surface area contributed by atoms with Crippen molar-refractivity contribution in [1.82, 2.24) is 23.9 Å². The Bertz CT molecular complexity index is 1040. The molecule has 1 aliphatic rings. The molecule has 8 heteroatoms. The second-order valence-electron chi connectivity index (χ2n) is 7.26. The molecule has 1 aliphatic heterocycles. The van der Waals surface area contributed by atoms with Crippen LogP contribution >= 0.6 is 0 Å². The lowest BCUT2D eigenvalue weighted by molar-refractivity contribution is 0.319. The molecule has 0 spiro atoms. The van der Waals surface area contributed by atoms with E-state index < -0.39 is 10.0 Å². The predicted molar refractivity (Wildman–Crippen MR) is 107 cm³/mol. The Hall–Kier alpha value is -2.45. The summed E-state index contributed by atoms with van der Waals surface area (Å²) in [6.45, 7) is 5.68. The fourth-order valence-electron chi connectivity index (χ4n) is 3.62. The number of piperidine rings is 1. The number of hydrogen-bond donors (Lipinski definition) is 0.